The van der Waals surface area contributed by atoms with Crippen LogP contribution in [0.5, 0.6) is 11.5 Å². The largest absolute Gasteiger partial charge is 0.493 e. The molecule has 0 spiro atoms. The summed E-state index contributed by atoms with van der Waals surface area (Å²) in [6.45, 7) is 7.20. The Balaban J connectivity index is 2.09. The molecule has 11 nitrogen and oxygen atoms in total. The molecule has 3 rings (SSSR count). The predicted octanol–water partition coefficient (Wildman–Crippen LogP) is 4.93. The quantitative estimate of drug-likeness (QED) is 0.280. The van der Waals surface area contributed by atoms with E-state index in [1.165, 1.54) is 19.1 Å². The van der Waals surface area contributed by atoms with Crippen LogP contribution < -0.4 is 19.7 Å². The summed E-state index contributed by atoms with van der Waals surface area (Å²) < 4.78 is 41.1. The summed E-state index contributed by atoms with van der Waals surface area (Å²) in [6.07, 6.45) is -2.92. The van der Waals surface area contributed by atoms with Crippen LogP contribution in [-0.2, 0) is 27.9 Å². The van der Waals surface area contributed by atoms with Crippen LogP contribution in [0.2, 0.25) is 5.02 Å². The Hall–Kier alpha value is -2.66. The van der Waals surface area contributed by atoms with Gasteiger partial charge in [0.15, 0.2) is 11.5 Å². The van der Waals surface area contributed by atoms with E-state index in [1.807, 2.05) is 13.8 Å². The Kier molecular flexibility index (Phi) is 11.8. The monoisotopic (exact) mass is 626 g/mol. The molecule has 1 heterocycles. The van der Waals surface area contributed by atoms with Crippen molar-refractivity contribution in [1.82, 2.24) is 5.32 Å². The van der Waals surface area contributed by atoms with E-state index in [-0.39, 0.29) is 32.7 Å². The second-order valence-corrected chi connectivity index (χ2v) is 12.9. The normalized spacial score (nSPS) is 17.4. The fourth-order valence-electron chi connectivity index (χ4n) is 4.65. The van der Waals surface area contributed by atoms with Crippen molar-refractivity contribution in [3.05, 3.63) is 52.5 Å². The summed E-state index contributed by atoms with van der Waals surface area (Å²) in [7, 11) is -0.558. The predicted molar refractivity (Wildman–Crippen MR) is 159 cm³/mol. The van der Waals surface area contributed by atoms with Gasteiger partial charge in [0.05, 0.1) is 33.9 Å². The number of amides is 2. The van der Waals surface area contributed by atoms with Gasteiger partial charge in [-0.15, -0.1) is 0 Å². The fraction of sp³-hybridized carbons (Fsp3) is 0.517. The summed E-state index contributed by atoms with van der Waals surface area (Å²) in [5.74, 6) is -0.231. The molecule has 2 unspecified atom stereocenters. The van der Waals surface area contributed by atoms with Crippen molar-refractivity contribution < 1.29 is 42.5 Å². The minimum Gasteiger partial charge on any atom is -0.493 e. The maximum atomic E-state index is 14.1. The lowest BCUT2D eigenvalue weighted by molar-refractivity contribution is -0.138. The zero-order valence-corrected chi connectivity index (χ0v) is 26.5. The highest BCUT2D eigenvalue weighted by Gasteiger charge is 2.41. The highest BCUT2D eigenvalue weighted by atomic mass is 35.5. The minimum absolute atomic E-state index is 0.129. The number of halogens is 1. The van der Waals surface area contributed by atoms with Gasteiger partial charge >= 0.3 is 7.60 Å². The lowest BCUT2D eigenvalue weighted by Crippen LogP contribution is -2.46. The first-order valence-electron chi connectivity index (χ1n) is 13.6. The molecule has 2 aromatic carbocycles. The van der Waals surface area contributed by atoms with Gasteiger partial charge in [0.2, 0.25) is 5.91 Å². The van der Waals surface area contributed by atoms with Gasteiger partial charge in [-0.3, -0.25) is 14.2 Å². The number of methoxy groups -OCH3 is 2. The van der Waals surface area contributed by atoms with Crippen molar-refractivity contribution in [3.8, 4) is 11.5 Å². The lowest BCUT2D eigenvalue weighted by atomic mass is 9.92. The van der Waals surface area contributed by atoms with Crippen LogP contribution in [0, 0.1) is 5.41 Å². The zero-order chi connectivity index (χ0) is 31.1. The van der Waals surface area contributed by atoms with Gasteiger partial charge < -0.3 is 38.6 Å². The molecule has 0 bridgehead atoms. The van der Waals surface area contributed by atoms with E-state index < -0.39 is 43.5 Å². The van der Waals surface area contributed by atoms with Crippen LogP contribution in [0.25, 0.3) is 0 Å². The number of carbonyl (C=O) groups excluding carboxylic acids is 2. The Bertz CT molecular complexity index is 1300. The number of para-hydroxylation sites is 1. The molecule has 1 aliphatic heterocycles. The van der Waals surface area contributed by atoms with E-state index >= 15 is 0 Å². The van der Waals surface area contributed by atoms with Crippen molar-refractivity contribution >= 4 is 36.7 Å². The Morgan fingerprint density at radius 2 is 1.81 bits per heavy atom. The van der Waals surface area contributed by atoms with Gasteiger partial charge in [0.1, 0.15) is 18.5 Å². The summed E-state index contributed by atoms with van der Waals surface area (Å²) in [5.41, 5.74) is 0.949. The molecule has 0 aromatic heterocycles. The van der Waals surface area contributed by atoms with E-state index in [0.29, 0.717) is 33.3 Å². The number of aliphatic hydroxyl groups is 1. The van der Waals surface area contributed by atoms with Gasteiger partial charge in [-0.25, -0.2) is 0 Å². The Morgan fingerprint density at radius 1 is 1.12 bits per heavy atom. The molecule has 0 fully saturated rings. The number of fused-ring (bicyclic) bond motifs is 1. The molecule has 13 heteroatoms. The van der Waals surface area contributed by atoms with Crippen molar-refractivity contribution in [1.29, 1.82) is 0 Å². The molecule has 0 saturated carbocycles. The first-order chi connectivity index (χ1) is 19.9. The molecule has 232 valence electrons. The molecule has 2 atom stereocenters. The topological polar surface area (TPSA) is 133 Å². The van der Waals surface area contributed by atoms with E-state index in [2.05, 4.69) is 5.32 Å². The molecule has 42 heavy (non-hydrogen) atoms. The van der Waals surface area contributed by atoms with E-state index in [4.69, 9.17) is 34.9 Å². The lowest BCUT2D eigenvalue weighted by Gasteiger charge is -2.32. The van der Waals surface area contributed by atoms with E-state index in [9.17, 15) is 19.3 Å². The zero-order valence-electron chi connectivity index (χ0n) is 24.8. The molecule has 0 radical (unpaired) electrons. The first kappa shape index (κ1) is 33.8. The number of carbonyl (C=O) groups is 2. The Morgan fingerprint density at radius 3 is 2.40 bits per heavy atom. The fourth-order valence-corrected chi connectivity index (χ4v) is 6.25. The molecule has 0 saturated heterocycles. The number of ether oxygens (including phenoxy) is 3. The number of hydrogen-bond donors (Lipinski definition) is 2. The number of anilines is 1. The van der Waals surface area contributed by atoms with Crippen molar-refractivity contribution in [3.63, 3.8) is 0 Å². The number of nitrogens with one attached hydrogen (secondary N) is 1. The second kappa shape index (κ2) is 14.7. The van der Waals surface area contributed by atoms with Crippen LogP contribution >= 0.6 is 19.2 Å². The third-order valence-corrected chi connectivity index (χ3v) is 8.71. The Labute approximate surface area is 251 Å². The number of benzene rings is 2. The molecule has 2 amide bonds. The maximum Gasteiger partial charge on any atom is 0.349 e. The summed E-state index contributed by atoms with van der Waals surface area (Å²) in [4.78, 5) is 28.8. The molecule has 0 aliphatic carbocycles. The summed E-state index contributed by atoms with van der Waals surface area (Å²) >= 11 is 6.45. The summed E-state index contributed by atoms with van der Waals surface area (Å²) in [5, 5.41) is 13.0. The maximum absolute atomic E-state index is 14.1. The van der Waals surface area contributed by atoms with Crippen LogP contribution in [0.3, 0.4) is 0 Å². The smallest absolute Gasteiger partial charge is 0.349 e. The number of rotatable bonds is 14. The van der Waals surface area contributed by atoms with Crippen molar-refractivity contribution in [2.45, 2.75) is 46.3 Å². The summed E-state index contributed by atoms with van der Waals surface area (Å²) in [6, 6.07) is 10.4. The van der Waals surface area contributed by atoms with Gasteiger partial charge in [-0.05, 0) is 38.1 Å². The van der Waals surface area contributed by atoms with E-state index in [1.54, 1.807) is 50.2 Å². The SMILES string of the molecule is CCOP(=O)(CNC(=O)CC1OC(c2cccc(OC)c2OC)c2cc(Cl)ccc2N(CC(C)(C)CO)C1=O)OCC. The molecule has 1 aliphatic rings. The highest BCUT2D eigenvalue weighted by Crippen LogP contribution is 2.47. The average Bonchev–Trinajstić information content (AvgIpc) is 3.06. The van der Waals surface area contributed by atoms with Gasteiger partial charge in [-0.1, -0.05) is 37.6 Å². The third-order valence-electron chi connectivity index (χ3n) is 6.63. The van der Waals surface area contributed by atoms with Crippen LogP contribution in [0.1, 0.15) is 51.3 Å². The van der Waals surface area contributed by atoms with Gasteiger partial charge in [-0.2, -0.15) is 0 Å². The molecular weight excluding hydrogens is 587 g/mol. The van der Waals surface area contributed by atoms with Crippen LogP contribution in [0.4, 0.5) is 5.69 Å². The van der Waals surface area contributed by atoms with Gasteiger partial charge in [0.25, 0.3) is 5.91 Å². The number of nitrogens with zero attached hydrogens (tertiary/aromatic N) is 1. The van der Waals surface area contributed by atoms with Crippen LogP contribution in [0.15, 0.2) is 36.4 Å². The van der Waals surface area contributed by atoms with E-state index in [0.717, 1.165) is 0 Å². The second-order valence-electron chi connectivity index (χ2n) is 10.4. The molecule has 2 N–H and O–H groups in total. The standard InChI is InChI=1S/C29H40ClN2O9P/c1-7-39-42(36,40-8-2)18-31-25(34)15-24-28(35)32(16-29(3,4)17-33)22-13-12-19(30)14-21(22)26(41-24)20-10-9-11-23(37-5)27(20)38-6/h9-14,24,26,33H,7-8,15-18H2,1-6H3,(H,31,34). The molecular formula is C29H40ClN2O9P. The minimum atomic E-state index is -3.57. The first-order valence-corrected chi connectivity index (χ1v) is 15.8. The van der Waals surface area contributed by atoms with Crippen molar-refractivity contribution in [2.75, 3.05) is 51.8 Å². The highest BCUT2D eigenvalue weighted by molar-refractivity contribution is 7.53. The average molecular weight is 627 g/mol. The number of aliphatic hydroxyl groups excluding tert-OH is 1. The third kappa shape index (κ3) is 8.03. The van der Waals surface area contributed by atoms with Crippen molar-refractivity contribution in [2.24, 2.45) is 5.41 Å². The van der Waals surface area contributed by atoms with Crippen LogP contribution in [-0.4, -0.2) is 69.9 Å². The van der Waals surface area contributed by atoms with Gasteiger partial charge in [0, 0.05) is 40.4 Å². The molecule has 2 aromatic rings. The number of hydrogen-bond acceptors (Lipinski definition) is 9.